The van der Waals surface area contributed by atoms with Crippen LogP contribution in [0.25, 0.3) is 10.4 Å². The summed E-state index contributed by atoms with van der Waals surface area (Å²) in [6, 6.07) is 8.22. The van der Waals surface area contributed by atoms with Crippen LogP contribution in [-0.4, -0.2) is 30.6 Å². The number of azide groups is 1. The van der Waals surface area contributed by atoms with Crippen LogP contribution in [0, 0.1) is 11.8 Å². The Kier molecular flexibility index (Phi) is 7.79. The Morgan fingerprint density at radius 2 is 1.79 bits per heavy atom. The Hall–Kier alpha value is -2.53. The van der Waals surface area contributed by atoms with Crippen LogP contribution in [0.3, 0.4) is 0 Å². The number of benzene rings is 1. The molecular formula is C17H24N4O3. The first-order valence-corrected chi connectivity index (χ1v) is 7.94. The van der Waals surface area contributed by atoms with Crippen LogP contribution < -0.4 is 5.32 Å². The number of rotatable bonds is 8. The molecule has 1 N–H and O–H groups in total. The third kappa shape index (κ3) is 5.93. The van der Waals surface area contributed by atoms with Gasteiger partial charge >= 0.3 is 5.97 Å². The fourth-order valence-electron chi connectivity index (χ4n) is 2.06. The molecule has 2 atom stereocenters. The molecule has 0 bridgehead atoms. The molecule has 130 valence electrons. The lowest BCUT2D eigenvalue weighted by molar-refractivity contribution is -0.133. The molecule has 7 nitrogen and oxygen atoms in total. The maximum atomic E-state index is 12.5. The van der Waals surface area contributed by atoms with Crippen molar-refractivity contribution in [1.29, 1.82) is 0 Å². The Morgan fingerprint density at radius 3 is 2.29 bits per heavy atom. The van der Waals surface area contributed by atoms with Crippen molar-refractivity contribution in [3.05, 3.63) is 46.3 Å². The van der Waals surface area contributed by atoms with Gasteiger partial charge in [-0.15, -0.1) is 0 Å². The molecule has 0 saturated carbocycles. The Morgan fingerprint density at radius 1 is 1.17 bits per heavy atom. The van der Waals surface area contributed by atoms with Crippen molar-refractivity contribution in [3.8, 4) is 0 Å². The van der Waals surface area contributed by atoms with Gasteiger partial charge in [-0.2, -0.15) is 0 Å². The summed E-state index contributed by atoms with van der Waals surface area (Å²) in [5.74, 6) is -1.04. The molecule has 0 radical (unpaired) electrons. The number of nitrogens with zero attached hydrogens (tertiary/aromatic N) is 3. The molecule has 0 aromatic heterocycles. The van der Waals surface area contributed by atoms with Crippen molar-refractivity contribution in [3.63, 3.8) is 0 Å². The summed E-state index contributed by atoms with van der Waals surface area (Å²) in [5.41, 5.74) is 8.84. The quantitative estimate of drug-likeness (QED) is 0.342. The summed E-state index contributed by atoms with van der Waals surface area (Å²) in [5, 5.41) is 6.33. The summed E-state index contributed by atoms with van der Waals surface area (Å²) in [6.45, 7) is 7.59. The summed E-state index contributed by atoms with van der Waals surface area (Å²) in [4.78, 5) is 27.4. The van der Waals surface area contributed by atoms with Crippen LogP contribution in [0.1, 0.15) is 38.1 Å². The Labute approximate surface area is 142 Å². The number of amides is 1. The normalized spacial score (nSPS) is 13.1. The second-order valence-electron chi connectivity index (χ2n) is 6.21. The van der Waals surface area contributed by atoms with E-state index in [2.05, 4.69) is 15.3 Å². The van der Waals surface area contributed by atoms with Crippen molar-refractivity contribution >= 4 is 11.9 Å². The number of hydrogen-bond donors (Lipinski definition) is 1. The van der Waals surface area contributed by atoms with Gasteiger partial charge in [0.1, 0.15) is 0 Å². The first kappa shape index (κ1) is 19.5. The summed E-state index contributed by atoms with van der Waals surface area (Å²) >= 11 is 0. The predicted molar refractivity (Wildman–Crippen MR) is 91.3 cm³/mol. The van der Waals surface area contributed by atoms with E-state index < -0.39 is 12.1 Å². The van der Waals surface area contributed by atoms with Gasteiger partial charge in [-0.1, -0.05) is 51.0 Å². The van der Waals surface area contributed by atoms with Gasteiger partial charge in [-0.25, -0.2) is 4.79 Å². The molecular weight excluding hydrogens is 308 g/mol. The number of carbonyl (C=O) groups is 2. The molecule has 1 aromatic rings. The Bertz CT molecular complexity index is 595. The van der Waals surface area contributed by atoms with Crippen molar-refractivity contribution in [2.24, 2.45) is 17.0 Å². The molecule has 0 heterocycles. The minimum Gasteiger partial charge on any atom is -0.448 e. The number of ether oxygens (including phenoxy) is 1. The van der Waals surface area contributed by atoms with Gasteiger partial charge < -0.3 is 10.1 Å². The second-order valence-corrected chi connectivity index (χ2v) is 6.21. The van der Waals surface area contributed by atoms with Gasteiger partial charge in [0.15, 0.2) is 6.10 Å². The molecule has 0 aliphatic rings. The smallest absolute Gasteiger partial charge is 0.338 e. The second kappa shape index (κ2) is 9.57. The topological polar surface area (TPSA) is 104 Å². The SMILES string of the molecule is CC(C)C(OC(=O)c1ccccc1)C(=O)N[C@H](CN=[N+]=[N-])C(C)C. The van der Waals surface area contributed by atoms with E-state index in [1.54, 1.807) is 44.2 Å². The maximum Gasteiger partial charge on any atom is 0.338 e. The summed E-state index contributed by atoms with van der Waals surface area (Å²) in [6.07, 6.45) is -0.912. The average molecular weight is 332 g/mol. The first-order valence-electron chi connectivity index (χ1n) is 7.94. The molecule has 1 unspecified atom stereocenters. The van der Waals surface area contributed by atoms with Gasteiger partial charge in [-0.3, -0.25) is 4.79 Å². The molecule has 1 amide bonds. The number of nitrogens with one attached hydrogen (secondary N) is 1. The molecule has 0 saturated heterocycles. The number of esters is 1. The zero-order valence-corrected chi connectivity index (χ0v) is 14.5. The maximum absolute atomic E-state index is 12.5. The van der Waals surface area contributed by atoms with Crippen molar-refractivity contribution < 1.29 is 14.3 Å². The van der Waals surface area contributed by atoms with E-state index in [1.807, 2.05) is 13.8 Å². The molecule has 0 aliphatic carbocycles. The molecule has 0 aliphatic heterocycles. The molecule has 7 heteroatoms. The van der Waals surface area contributed by atoms with E-state index in [0.29, 0.717) is 5.56 Å². The first-order chi connectivity index (χ1) is 11.4. The van der Waals surface area contributed by atoms with E-state index in [-0.39, 0.29) is 30.3 Å². The molecule has 0 spiro atoms. The summed E-state index contributed by atoms with van der Waals surface area (Å²) in [7, 11) is 0. The lowest BCUT2D eigenvalue weighted by atomic mass is 10.0. The van der Waals surface area contributed by atoms with E-state index in [1.165, 1.54) is 0 Å². The highest BCUT2D eigenvalue weighted by atomic mass is 16.5. The van der Waals surface area contributed by atoms with Crippen LogP contribution in [-0.2, 0) is 9.53 Å². The lowest BCUT2D eigenvalue weighted by Gasteiger charge is -2.26. The van der Waals surface area contributed by atoms with Gasteiger partial charge in [0.05, 0.1) is 5.56 Å². The number of carbonyl (C=O) groups excluding carboxylic acids is 2. The highest BCUT2D eigenvalue weighted by Gasteiger charge is 2.29. The van der Waals surface area contributed by atoms with Gasteiger partial charge in [-0.05, 0) is 29.5 Å². The van der Waals surface area contributed by atoms with E-state index in [4.69, 9.17) is 10.3 Å². The van der Waals surface area contributed by atoms with Crippen LogP contribution >= 0.6 is 0 Å². The van der Waals surface area contributed by atoms with Crippen molar-refractivity contribution in [1.82, 2.24) is 5.32 Å². The standard InChI is InChI=1S/C17H24N4O3/c1-11(2)14(10-19-21-18)20-16(22)15(12(3)4)24-17(23)13-8-6-5-7-9-13/h5-9,11-12,14-15H,10H2,1-4H3,(H,20,22)/t14-,15?/m1/s1. The van der Waals surface area contributed by atoms with Gasteiger partial charge in [0, 0.05) is 17.5 Å². The van der Waals surface area contributed by atoms with Crippen LogP contribution in [0.4, 0.5) is 0 Å². The van der Waals surface area contributed by atoms with Crippen molar-refractivity contribution in [2.75, 3.05) is 6.54 Å². The monoisotopic (exact) mass is 332 g/mol. The molecule has 1 aromatic carbocycles. The van der Waals surface area contributed by atoms with Crippen molar-refractivity contribution in [2.45, 2.75) is 39.8 Å². The zero-order chi connectivity index (χ0) is 18.1. The highest BCUT2D eigenvalue weighted by molar-refractivity contribution is 5.92. The third-order valence-electron chi connectivity index (χ3n) is 3.58. The fraction of sp³-hybridized carbons (Fsp3) is 0.529. The average Bonchev–Trinajstić information content (AvgIpc) is 2.56. The van der Waals surface area contributed by atoms with E-state index in [9.17, 15) is 9.59 Å². The highest BCUT2D eigenvalue weighted by Crippen LogP contribution is 2.13. The zero-order valence-electron chi connectivity index (χ0n) is 14.5. The minimum atomic E-state index is -0.912. The number of hydrogen-bond acceptors (Lipinski definition) is 4. The predicted octanol–water partition coefficient (Wildman–Crippen LogP) is 3.32. The van der Waals surface area contributed by atoms with Gasteiger partial charge in [0.25, 0.3) is 5.91 Å². The van der Waals surface area contributed by atoms with E-state index >= 15 is 0 Å². The van der Waals surface area contributed by atoms with Crippen LogP contribution in [0.15, 0.2) is 35.4 Å². The Balaban J connectivity index is 2.81. The summed E-state index contributed by atoms with van der Waals surface area (Å²) < 4.78 is 5.39. The third-order valence-corrected chi connectivity index (χ3v) is 3.58. The van der Waals surface area contributed by atoms with Crippen LogP contribution in [0.2, 0.25) is 0 Å². The molecule has 1 rings (SSSR count). The minimum absolute atomic E-state index is 0.0806. The lowest BCUT2D eigenvalue weighted by Crippen LogP contribution is -2.48. The molecule has 24 heavy (non-hydrogen) atoms. The van der Waals surface area contributed by atoms with Crippen LogP contribution in [0.5, 0.6) is 0 Å². The van der Waals surface area contributed by atoms with E-state index in [0.717, 1.165) is 0 Å². The largest absolute Gasteiger partial charge is 0.448 e. The molecule has 0 fully saturated rings. The fourth-order valence-corrected chi connectivity index (χ4v) is 2.06. The van der Waals surface area contributed by atoms with Gasteiger partial charge in [0.2, 0.25) is 0 Å².